The van der Waals surface area contributed by atoms with Crippen LogP contribution < -0.4 is 0 Å². The molecule has 0 aromatic carbocycles. The summed E-state index contributed by atoms with van der Waals surface area (Å²) >= 11 is 1.63. The number of imidazole rings is 1. The van der Waals surface area contributed by atoms with Crippen molar-refractivity contribution in [3.63, 3.8) is 0 Å². The molecule has 0 unspecified atom stereocenters. The van der Waals surface area contributed by atoms with Crippen molar-refractivity contribution >= 4 is 22.9 Å². The van der Waals surface area contributed by atoms with Gasteiger partial charge in [0.2, 0.25) is 0 Å². The van der Waals surface area contributed by atoms with Crippen molar-refractivity contribution in [2.24, 2.45) is 0 Å². The maximum atomic E-state index is 4.47. The molecule has 0 spiro atoms. The van der Waals surface area contributed by atoms with Crippen molar-refractivity contribution in [3.8, 4) is 0 Å². The Morgan fingerprint density at radius 3 is 3.06 bits per heavy atom. The minimum Gasteiger partial charge on any atom is -0.341 e. The summed E-state index contributed by atoms with van der Waals surface area (Å²) in [7, 11) is 0. The molecule has 0 aliphatic heterocycles. The molecule has 0 atom stereocenters. The smallest absolute Gasteiger partial charge is 0.181 e. The summed E-state index contributed by atoms with van der Waals surface area (Å²) < 4.78 is 0. The van der Waals surface area contributed by atoms with Crippen LogP contribution in [0.1, 0.15) is 11.4 Å². The molecule has 3 aromatic heterocycles. The molecule has 1 N–H and O–H groups in total. The van der Waals surface area contributed by atoms with E-state index >= 15 is 0 Å². The highest BCUT2D eigenvalue weighted by Crippen LogP contribution is 2.24. The summed E-state index contributed by atoms with van der Waals surface area (Å²) in [6, 6.07) is 6.03. The van der Waals surface area contributed by atoms with Crippen LogP contribution >= 0.6 is 11.8 Å². The molecule has 90 valence electrons. The van der Waals surface area contributed by atoms with Gasteiger partial charge in [0, 0.05) is 11.4 Å². The highest BCUT2D eigenvalue weighted by molar-refractivity contribution is 7.98. The third-order valence-electron chi connectivity index (χ3n) is 2.49. The normalized spacial score (nSPS) is 10.9. The minimum atomic E-state index is 0.699. The number of hydrogen-bond donors (Lipinski definition) is 1. The predicted molar refractivity (Wildman–Crippen MR) is 70.2 cm³/mol. The van der Waals surface area contributed by atoms with Gasteiger partial charge in [0.15, 0.2) is 5.65 Å². The lowest BCUT2D eigenvalue weighted by Crippen LogP contribution is -1.91. The summed E-state index contributed by atoms with van der Waals surface area (Å²) in [4.78, 5) is 20.0. The lowest BCUT2D eigenvalue weighted by molar-refractivity contribution is 1.07. The van der Waals surface area contributed by atoms with E-state index in [2.05, 4.69) is 24.9 Å². The SMILES string of the molecule is Cc1cccc(CSc2ncnc3nc[nH]c23)n1. The fourth-order valence-electron chi connectivity index (χ4n) is 1.67. The van der Waals surface area contributed by atoms with Crippen molar-refractivity contribution in [3.05, 3.63) is 42.2 Å². The first-order valence-electron chi connectivity index (χ1n) is 5.52. The van der Waals surface area contributed by atoms with Crippen LogP contribution in [0.4, 0.5) is 0 Å². The molecule has 6 heteroatoms. The van der Waals surface area contributed by atoms with Gasteiger partial charge in [-0.2, -0.15) is 0 Å². The number of nitrogens with one attached hydrogen (secondary N) is 1. The summed E-state index contributed by atoms with van der Waals surface area (Å²) in [5.74, 6) is 0.785. The number of aryl methyl sites for hydroxylation is 1. The van der Waals surface area contributed by atoms with Crippen molar-refractivity contribution < 1.29 is 0 Å². The van der Waals surface area contributed by atoms with Gasteiger partial charge >= 0.3 is 0 Å². The van der Waals surface area contributed by atoms with Gasteiger partial charge in [-0.05, 0) is 19.1 Å². The van der Waals surface area contributed by atoms with Gasteiger partial charge in [0.05, 0.1) is 12.0 Å². The first-order chi connectivity index (χ1) is 8.83. The van der Waals surface area contributed by atoms with E-state index in [0.717, 1.165) is 27.7 Å². The quantitative estimate of drug-likeness (QED) is 0.576. The minimum absolute atomic E-state index is 0.699. The Bertz CT molecular complexity index is 679. The van der Waals surface area contributed by atoms with Gasteiger partial charge in [-0.25, -0.2) is 15.0 Å². The van der Waals surface area contributed by atoms with Gasteiger partial charge in [-0.15, -0.1) is 0 Å². The molecule has 0 aliphatic carbocycles. The fourth-order valence-corrected chi connectivity index (χ4v) is 2.54. The number of pyridine rings is 1. The fraction of sp³-hybridized carbons (Fsp3) is 0.167. The van der Waals surface area contributed by atoms with Crippen molar-refractivity contribution in [1.29, 1.82) is 0 Å². The number of hydrogen-bond acceptors (Lipinski definition) is 5. The number of aromatic amines is 1. The third-order valence-corrected chi connectivity index (χ3v) is 3.51. The standard InChI is InChI=1S/C12H11N5S/c1-8-3-2-4-9(17-8)5-18-12-10-11(14-6-13-10)15-7-16-12/h2-4,6-7H,5H2,1H3,(H,13,14,15,16). The van der Waals surface area contributed by atoms with E-state index in [1.807, 2.05) is 25.1 Å². The third kappa shape index (κ3) is 2.19. The van der Waals surface area contributed by atoms with E-state index in [0.29, 0.717) is 5.65 Å². The van der Waals surface area contributed by atoms with E-state index in [-0.39, 0.29) is 0 Å². The van der Waals surface area contributed by atoms with E-state index in [1.165, 1.54) is 6.33 Å². The molecule has 3 heterocycles. The van der Waals surface area contributed by atoms with Crippen LogP contribution in [0.15, 0.2) is 35.9 Å². The number of nitrogens with zero attached hydrogens (tertiary/aromatic N) is 4. The molecule has 0 saturated heterocycles. The predicted octanol–water partition coefficient (Wildman–Crippen LogP) is 2.35. The Labute approximate surface area is 108 Å². The number of rotatable bonds is 3. The van der Waals surface area contributed by atoms with Crippen molar-refractivity contribution in [1.82, 2.24) is 24.9 Å². The Hall–Kier alpha value is -1.95. The van der Waals surface area contributed by atoms with Crippen LogP contribution in [-0.4, -0.2) is 24.9 Å². The summed E-state index contributed by atoms with van der Waals surface area (Å²) in [6.07, 6.45) is 3.17. The molecule has 3 rings (SSSR count). The largest absolute Gasteiger partial charge is 0.341 e. The van der Waals surface area contributed by atoms with Gasteiger partial charge in [-0.3, -0.25) is 4.98 Å². The highest BCUT2D eigenvalue weighted by Gasteiger charge is 2.06. The zero-order valence-corrected chi connectivity index (χ0v) is 10.6. The average Bonchev–Trinajstić information content (AvgIpc) is 2.85. The molecule has 5 nitrogen and oxygen atoms in total. The van der Waals surface area contributed by atoms with Crippen molar-refractivity contribution in [2.45, 2.75) is 17.7 Å². The molecule has 0 fully saturated rings. The van der Waals surface area contributed by atoms with Crippen LogP contribution in [-0.2, 0) is 5.75 Å². The molecular formula is C12H11N5S. The van der Waals surface area contributed by atoms with Gasteiger partial charge < -0.3 is 4.98 Å². The maximum absolute atomic E-state index is 4.47. The zero-order chi connectivity index (χ0) is 12.4. The van der Waals surface area contributed by atoms with E-state index in [9.17, 15) is 0 Å². The van der Waals surface area contributed by atoms with Crippen LogP contribution in [0.25, 0.3) is 11.2 Å². The van der Waals surface area contributed by atoms with E-state index in [1.54, 1.807) is 18.1 Å². The van der Waals surface area contributed by atoms with Gasteiger partial charge in [0.25, 0.3) is 0 Å². The zero-order valence-electron chi connectivity index (χ0n) is 9.79. The topological polar surface area (TPSA) is 67.3 Å². The van der Waals surface area contributed by atoms with E-state index in [4.69, 9.17) is 0 Å². The monoisotopic (exact) mass is 257 g/mol. The molecular weight excluding hydrogens is 246 g/mol. The Kier molecular flexibility index (Phi) is 2.93. The summed E-state index contributed by atoms with van der Waals surface area (Å²) in [6.45, 7) is 1.99. The lowest BCUT2D eigenvalue weighted by atomic mass is 10.3. The lowest BCUT2D eigenvalue weighted by Gasteiger charge is -2.02. The van der Waals surface area contributed by atoms with Crippen LogP contribution in [0, 0.1) is 6.92 Å². The number of aromatic nitrogens is 5. The number of thioether (sulfide) groups is 1. The Balaban J connectivity index is 1.83. The Morgan fingerprint density at radius 2 is 2.17 bits per heavy atom. The highest BCUT2D eigenvalue weighted by atomic mass is 32.2. The summed E-state index contributed by atoms with van der Waals surface area (Å²) in [5.41, 5.74) is 3.66. The van der Waals surface area contributed by atoms with Crippen molar-refractivity contribution in [2.75, 3.05) is 0 Å². The molecule has 18 heavy (non-hydrogen) atoms. The number of fused-ring (bicyclic) bond motifs is 1. The second-order valence-electron chi connectivity index (χ2n) is 3.84. The second kappa shape index (κ2) is 4.73. The number of H-pyrrole nitrogens is 1. The first-order valence-corrected chi connectivity index (χ1v) is 6.51. The molecule has 3 aromatic rings. The molecule has 0 aliphatic rings. The van der Waals surface area contributed by atoms with Crippen LogP contribution in [0.2, 0.25) is 0 Å². The average molecular weight is 257 g/mol. The molecule has 0 saturated carbocycles. The molecule has 0 amide bonds. The van der Waals surface area contributed by atoms with Gasteiger partial charge in [0.1, 0.15) is 16.9 Å². The first kappa shape index (κ1) is 11.2. The second-order valence-corrected chi connectivity index (χ2v) is 4.80. The maximum Gasteiger partial charge on any atom is 0.181 e. The van der Waals surface area contributed by atoms with Crippen LogP contribution in [0.5, 0.6) is 0 Å². The Morgan fingerprint density at radius 1 is 1.22 bits per heavy atom. The molecule has 0 bridgehead atoms. The van der Waals surface area contributed by atoms with Crippen LogP contribution in [0.3, 0.4) is 0 Å². The van der Waals surface area contributed by atoms with E-state index < -0.39 is 0 Å². The summed E-state index contributed by atoms with van der Waals surface area (Å²) in [5, 5.41) is 0.904. The molecule has 0 radical (unpaired) electrons. The van der Waals surface area contributed by atoms with Gasteiger partial charge in [-0.1, -0.05) is 17.8 Å².